The third-order valence-corrected chi connectivity index (χ3v) is 10.8. The first-order valence-corrected chi connectivity index (χ1v) is 19.2. The van der Waals surface area contributed by atoms with Crippen molar-refractivity contribution in [2.45, 2.75) is 0 Å². The molecule has 10 rings (SSSR count). The average Bonchev–Trinajstić information content (AvgIpc) is 3.63. The Bertz CT molecular complexity index is 2910. The van der Waals surface area contributed by atoms with Gasteiger partial charge in [0, 0.05) is 27.7 Å². The standard InChI is InChI=1S/C54H38N2/c1-5-16-39(17-6-1)41-28-30-43(31-29-41)45-36-37-51(49(38-45)44-34-32-42(33-35-44)40-18-7-2-8-19-40)56(47-22-11-4-12-23-47)53-27-15-26-52-54(53)48-24-13-14-25-50(48)55(52)46-20-9-3-10-21-46/h1-38H. The molecule has 0 aliphatic carbocycles. The first kappa shape index (κ1) is 33.2. The summed E-state index contributed by atoms with van der Waals surface area (Å²) in [5.74, 6) is 0. The maximum atomic E-state index is 2.45. The lowest BCUT2D eigenvalue weighted by Gasteiger charge is -2.29. The Kier molecular flexibility index (Phi) is 8.55. The molecule has 0 aliphatic rings. The summed E-state index contributed by atoms with van der Waals surface area (Å²) in [7, 11) is 0. The second-order valence-electron chi connectivity index (χ2n) is 14.1. The lowest BCUT2D eigenvalue weighted by Crippen LogP contribution is -2.12. The number of aromatic nitrogens is 1. The molecule has 0 amide bonds. The molecule has 9 aromatic carbocycles. The van der Waals surface area contributed by atoms with Crippen molar-refractivity contribution in [3.05, 3.63) is 231 Å². The van der Waals surface area contributed by atoms with Crippen molar-refractivity contribution in [3.63, 3.8) is 0 Å². The van der Waals surface area contributed by atoms with Gasteiger partial charge in [0.2, 0.25) is 0 Å². The van der Waals surface area contributed by atoms with E-state index in [0.717, 1.165) is 33.9 Å². The number of rotatable bonds is 8. The summed E-state index contributed by atoms with van der Waals surface area (Å²) in [5.41, 5.74) is 16.3. The Hall–Kier alpha value is -7.42. The molecular weight excluding hydrogens is 677 g/mol. The molecule has 10 aromatic rings. The van der Waals surface area contributed by atoms with E-state index >= 15 is 0 Å². The van der Waals surface area contributed by atoms with Crippen molar-refractivity contribution in [2.24, 2.45) is 0 Å². The Morgan fingerprint density at radius 3 is 1.39 bits per heavy atom. The van der Waals surface area contributed by atoms with Crippen LogP contribution in [-0.4, -0.2) is 4.57 Å². The van der Waals surface area contributed by atoms with Crippen LogP contribution in [0.4, 0.5) is 17.1 Å². The summed E-state index contributed by atoms with van der Waals surface area (Å²) in [6, 6.07) is 83.1. The fourth-order valence-electron chi connectivity index (χ4n) is 8.13. The number of hydrogen-bond acceptors (Lipinski definition) is 1. The smallest absolute Gasteiger partial charge is 0.0562 e. The maximum absolute atomic E-state index is 2.45. The molecular formula is C54H38N2. The Labute approximate surface area is 327 Å². The molecule has 1 heterocycles. The van der Waals surface area contributed by atoms with Crippen molar-refractivity contribution in [1.82, 2.24) is 4.57 Å². The second-order valence-corrected chi connectivity index (χ2v) is 14.1. The van der Waals surface area contributed by atoms with Crippen LogP contribution < -0.4 is 4.90 Å². The molecule has 2 nitrogen and oxygen atoms in total. The molecule has 0 bridgehead atoms. The third-order valence-electron chi connectivity index (χ3n) is 10.8. The molecule has 0 saturated carbocycles. The minimum atomic E-state index is 1.10. The van der Waals surface area contributed by atoms with Crippen LogP contribution in [0, 0.1) is 0 Å². The zero-order valence-corrected chi connectivity index (χ0v) is 30.8. The molecule has 264 valence electrons. The van der Waals surface area contributed by atoms with Crippen LogP contribution in [0.25, 0.3) is 72.0 Å². The first-order chi connectivity index (χ1) is 27.8. The summed E-state index contributed by atoms with van der Waals surface area (Å²) in [6.07, 6.45) is 0. The van der Waals surface area contributed by atoms with Gasteiger partial charge in [0.25, 0.3) is 0 Å². The zero-order valence-electron chi connectivity index (χ0n) is 30.8. The van der Waals surface area contributed by atoms with Crippen LogP contribution in [0.1, 0.15) is 0 Å². The highest BCUT2D eigenvalue weighted by atomic mass is 15.1. The van der Waals surface area contributed by atoms with Gasteiger partial charge in [-0.2, -0.15) is 0 Å². The van der Waals surface area contributed by atoms with Gasteiger partial charge < -0.3 is 9.47 Å². The molecule has 2 heteroatoms. The molecule has 0 unspecified atom stereocenters. The van der Waals surface area contributed by atoms with Crippen LogP contribution in [0.2, 0.25) is 0 Å². The number of nitrogens with zero attached hydrogens (tertiary/aromatic N) is 2. The molecule has 0 radical (unpaired) electrons. The maximum Gasteiger partial charge on any atom is 0.0562 e. The van der Waals surface area contributed by atoms with Gasteiger partial charge in [-0.1, -0.05) is 176 Å². The van der Waals surface area contributed by atoms with Crippen LogP contribution >= 0.6 is 0 Å². The topological polar surface area (TPSA) is 8.17 Å². The van der Waals surface area contributed by atoms with Crippen molar-refractivity contribution in [1.29, 1.82) is 0 Å². The van der Waals surface area contributed by atoms with E-state index in [-0.39, 0.29) is 0 Å². The lowest BCUT2D eigenvalue weighted by molar-refractivity contribution is 1.18. The summed E-state index contributed by atoms with van der Waals surface area (Å²) in [6.45, 7) is 0. The average molecular weight is 715 g/mol. The van der Waals surface area contributed by atoms with Gasteiger partial charge in [0.05, 0.1) is 22.4 Å². The summed E-state index contributed by atoms with van der Waals surface area (Å²) < 4.78 is 2.39. The van der Waals surface area contributed by atoms with E-state index in [1.165, 1.54) is 55.2 Å². The monoisotopic (exact) mass is 714 g/mol. The fraction of sp³-hybridized carbons (Fsp3) is 0. The number of para-hydroxylation sites is 3. The highest BCUT2D eigenvalue weighted by Crippen LogP contribution is 2.47. The van der Waals surface area contributed by atoms with Crippen LogP contribution in [0.5, 0.6) is 0 Å². The largest absolute Gasteiger partial charge is 0.309 e. The van der Waals surface area contributed by atoms with Crippen molar-refractivity contribution in [3.8, 4) is 50.2 Å². The predicted octanol–water partition coefficient (Wildman–Crippen LogP) is 14.9. The van der Waals surface area contributed by atoms with Gasteiger partial charge in [-0.25, -0.2) is 0 Å². The lowest BCUT2D eigenvalue weighted by atomic mass is 9.94. The Morgan fingerprint density at radius 2 is 0.768 bits per heavy atom. The van der Waals surface area contributed by atoms with Gasteiger partial charge in [-0.3, -0.25) is 0 Å². The first-order valence-electron chi connectivity index (χ1n) is 19.2. The van der Waals surface area contributed by atoms with E-state index in [1.807, 2.05) is 0 Å². The van der Waals surface area contributed by atoms with Crippen LogP contribution in [0.15, 0.2) is 231 Å². The van der Waals surface area contributed by atoms with Gasteiger partial charge in [0.15, 0.2) is 0 Å². The van der Waals surface area contributed by atoms with E-state index in [0.29, 0.717) is 0 Å². The van der Waals surface area contributed by atoms with E-state index in [9.17, 15) is 0 Å². The molecule has 0 spiro atoms. The van der Waals surface area contributed by atoms with E-state index in [4.69, 9.17) is 0 Å². The third kappa shape index (κ3) is 6.04. The van der Waals surface area contributed by atoms with Gasteiger partial charge >= 0.3 is 0 Å². The Morgan fingerprint density at radius 1 is 0.304 bits per heavy atom. The SMILES string of the molecule is c1ccc(-c2ccc(-c3ccc(N(c4ccccc4)c4cccc5c4c4ccccc4n5-c4ccccc4)c(-c4ccc(-c5ccccc5)cc4)c3)cc2)cc1. The molecule has 1 aromatic heterocycles. The van der Waals surface area contributed by atoms with E-state index in [1.54, 1.807) is 0 Å². The molecule has 0 N–H and O–H groups in total. The predicted molar refractivity (Wildman–Crippen MR) is 237 cm³/mol. The van der Waals surface area contributed by atoms with Crippen LogP contribution in [0.3, 0.4) is 0 Å². The van der Waals surface area contributed by atoms with Crippen molar-refractivity contribution < 1.29 is 0 Å². The highest BCUT2D eigenvalue weighted by molar-refractivity contribution is 6.17. The van der Waals surface area contributed by atoms with E-state index in [2.05, 4.69) is 240 Å². The highest BCUT2D eigenvalue weighted by Gasteiger charge is 2.23. The van der Waals surface area contributed by atoms with Gasteiger partial charge in [-0.05, 0) is 93.5 Å². The number of anilines is 3. The summed E-state index contributed by atoms with van der Waals surface area (Å²) in [5, 5.41) is 2.42. The Balaban J connectivity index is 1.20. The quantitative estimate of drug-likeness (QED) is 0.152. The number of benzene rings is 9. The van der Waals surface area contributed by atoms with E-state index < -0.39 is 0 Å². The molecule has 0 fully saturated rings. The normalized spacial score (nSPS) is 11.2. The molecule has 56 heavy (non-hydrogen) atoms. The second kappa shape index (κ2) is 14.4. The molecule has 0 atom stereocenters. The van der Waals surface area contributed by atoms with Gasteiger partial charge in [0.1, 0.15) is 0 Å². The minimum Gasteiger partial charge on any atom is -0.309 e. The van der Waals surface area contributed by atoms with Crippen molar-refractivity contribution in [2.75, 3.05) is 4.90 Å². The van der Waals surface area contributed by atoms with Crippen molar-refractivity contribution >= 4 is 38.9 Å². The molecule has 0 saturated heterocycles. The fourth-order valence-corrected chi connectivity index (χ4v) is 8.13. The molecule has 0 aliphatic heterocycles. The summed E-state index contributed by atoms with van der Waals surface area (Å²) in [4.78, 5) is 2.45. The van der Waals surface area contributed by atoms with Crippen LogP contribution in [-0.2, 0) is 0 Å². The number of hydrogen-bond donors (Lipinski definition) is 0. The zero-order chi connectivity index (χ0) is 37.3. The number of fused-ring (bicyclic) bond motifs is 3. The minimum absolute atomic E-state index is 1.10. The van der Waals surface area contributed by atoms with Gasteiger partial charge in [-0.15, -0.1) is 0 Å². The summed E-state index contributed by atoms with van der Waals surface area (Å²) >= 11 is 0.